The predicted molar refractivity (Wildman–Crippen MR) is 123 cm³/mol. The highest BCUT2D eigenvalue weighted by Gasteiger charge is 2.25. The number of carboxylic acid groups (broad SMARTS) is 1. The lowest BCUT2D eigenvalue weighted by atomic mass is 10.1. The molecular weight excluding hydrogens is 466 g/mol. The highest BCUT2D eigenvalue weighted by molar-refractivity contribution is 7.88. The number of hydrogen-bond donors (Lipinski definition) is 2. The van der Waals surface area contributed by atoms with Gasteiger partial charge in [0.25, 0.3) is 0 Å². The van der Waals surface area contributed by atoms with Crippen LogP contribution in [0.25, 0.3) is 0 Å². The van der Waals surface area contributed by atoms with E-state index in [2.05, 4.69) is 4.72 Å². The molecular formula is C23H23NO7S2. The van der Waals surface area contributed by atoms with Gasteiger partial charge in [-0.2, -0.15) is 8.42 Å². The Morgan fingerprint density at radius 3 is 1.79 bits per heavy atom. The molecule has 2 N–H and O–H groups in total. The van der Waals surface area contributed by atoms with Crippen molar-refractivity contribution in [1.82, 2.24) is 4.72 Å². The van der Waals surface area contributed by atoms with Crippen LogP contribution in [-0.4, -0.2) is 34.0 Å². The molecule has 0 spiro atoms. The van der Waals surface area contributed by atoms with Crippen molar-refractivity contribution in [1.29, 1.82) is 0 Å². The summed E-state index contributed by atoms with van der Waals surface area (Å²) in [6, 6.07) is 21.4. The van der Waals surface area contributed by atoms with Gasteiger partial charge in [-0.05, 0) is 35.2 Å². The van der Waals surface area contributed by atoms with Crippen LogP contribution in [0.3, 0.4) is 0 Å². The van der Waals surface area contributed by atoms with Crippen LogP contribution in [0.15, 0.2) is 84.9 Å². The van der Waals surface area contributed by atoms with Crippen molar-refractivity contribution in [3.05, 3.63) is 102 Å². The second kappa shape index (κ2) is 10.6. The zero-order chi connectivity index (χ0) is 23.9. The average molecular weight is 490 g/mol. The summed E-state index contributed by atoms with van der Waals surface area (Å²) in [5.74, 6) is -1.88. The molecule has 0 saturated heterocycles. The number of benzene rings is 3. The summed E-state index contributed by atoms with van der Waals surface area (Å²) in [5, 5.41) is 9.48. The summed E-state index contributed by atoms with van der Waals surface area (Å²) < 4.78 is 56.6. The normalized spacial score (nSPS) is 12.7. The van der Waals surface area contributed by atoms with E-state index in [0.29, 0.717) is 16.7 Å². The van der Waals surface area contributed by atoms with Gasteiger partial charge in [0.1, 0.15) is 17.5 Å². The molecule has 3 aromatic carbocycles. The van der Waals surface area contributed by atoms with Gasteiger partial charge in [0.2, 0.25) is 10.0 Å². The van der Waals surface area contributed by atoms with Crippen LogP contribution in [0.2, 0.25) is 0 Å². The molecule has 0 radical (unpaired) electrons. The van der Waals surface area contributed by atoms with Crippen molar-refractivity contribution < 1.29 is 30.9 Å². The first-order valence-electron chi connectivity index (χ1n) is 9.94. The monoisotopic (exact) mass is 489 g/mol. The van der Waals surface area contributed by atoms with E-state index in [1.807, 2.05) is 0 Å². The van der Waals surface area contributed by atoms with Gasteiger partial charge in [0, 0.05) is 0 Å². The van der Waals surface area contributed by atoms with Crippen LogP contribution in [-0.2, 0) is 42.9 Å². The molecule has 3 rings (SSSR count). The van der Waals surface area contributed by atoms with Crippen LogP contribution in [0.4, 0.5) is 0 Å². The fourth-order valence-electron chi connectivity index (χ4n) is 3.10. The Kier molecular flexibility index (Phi) is 7.85. The molecule has 8 nitrogen and oxygen atoms in total. The van der Waals surface area contributed by atoms with Gasteiger partial charge in [-0.1, -0.05) is 72.8 Å². The highest BCUT2D eigenvalue weighted by atomic mass is 32.2. The Morgan fingerprint density at radius 2 is 1.27 bits per heavy atom. The highest BCUT2D eigenvalue weighted by Crippen LogP contribution is 2.18. The zero-order valence-electron chi connectivity index (χ0n) is 17.5. The number of rotatable bonds is 11. The van der Waals surface area contributed by atoms with Gasteiger partial charge in [-0.15, -0.1) is 0 Å². The molecule has 0 aliphatic carbocycles. The Bertz CT molecular complexity index is 1280. The van der Waals surface area contributed by atoms with Gasteiger partial charge in [0.05, 0.1) is 5.75 Å². The van der Waals surface area contributed by atoms with Crippen molar-refractivity contribution in [2.75, 3.05) is 0 Å². The standard InChI is InChI=1S/C23H23NO7S2/c25-23(26)22(24-32(27,28)16-19-7-3-1-4-8-19)15-18-11-13-21(14-12-18)31-33(29,30)17-20-9-5-2-6-10-20/h1-14,22,24H,15-17H2,(H,25,26)/t22-/m0/s1. The maximum Gasteiger partial charge on any atom is 0.322 e. The first kappa shape index (κ1) is 24.4. The summed E-state index contributed by atoms with van der Waals surface area (Å²) in [5.41, 5.74) is 1.62. The Balaban J connectivity index is 1.63. The lowest BCUT2D eigenvalue weighted by Gasteiger charge is -2.15. The number of carbonyl (C=O) groups is 1. The van der Waals surface area contributed by atoms with Gasteiger partial charge in [-0.3, -0.25) is 4.79 Å². The minimum absolute atomic E-state index is 0.0752. The van der Waals surface area contributed by atoms with Gasteiger partial charge < -0.3 is 9.29 Å². The Labute approximate surface area is 193 Å². The van der Waals surface area contributed by atoms with Gasteiger partial charge >= 0.3 is 16.1 Å². The molecule has 0 amide bonds. The molecule has 0 unspecified atom stereocenters. The van der Waals surface area contributed by atoms with Crippen LogP contribution in [0.5, 0.6) is 5.75 Å². The molecule has 0 bridgehead atoms. The lowest BCUT2D eigenvalue weighted by molar-refractivity contribution is -0.138. The van der Waals surface area contributed by atoms with Gasteiger partial charge in [0.15, 0.2) is 0 Å². The van der Waals surface area contributed by atoms with Crippen LogP contribution < -0.4 is 8.91 Å². The van der Waals surface area contributed by atoms with E-state index >= 15 is 0 Å². The van der Waals surface area contributed by atoms with Crippen LogP contribution >= 0.6 is 0 Å². The maximum absolute atomic E-state index is 12.4. The minimum Gasteiger partial charge on any atom is -0.480 e. The number of aliphatic carboxylic acids is 1. The molecule has 10 heteroatoms. The van der Waals surface area contributed by atoms with E-state index in [1.54, 1.807) is 60.7 Å². The Morgan fingerprint density at radius 1 is 0.758 bits per heavy atom. The summed E-state index contributed by atoms with van der Waals surface area (Å²) >= 11 is 0. The van der Waals surface area contributed by atoms with E-state index in [-0.39, 0.29) is 23.7 Å². The third-order valence-electron chi connectivity index (χ3n) is 4.59. The van der Waals surface area contributed by atoms with E-state index < -0.39 is 32.2 Å². The van der Waals surface area contributed by atoms with Crippen molar-refractivity contribution in [2.45, 2.75) is 24.0 Å². The third kappa shape index (κ3) is 8.01. The molecule has 0 saturated carbocycles. The maximum atomic E-state index is 12.4. The van der Waals surface area contributed by atoms with Crippen molar-refractivity contribution >= 4 is 26.1 Å². The molecule has 0 heterocycles. The Hall–Kier alpha value is -3.21. The summed E-state index contributed by atoms with van der Waals surface area (Å²) in [6.07, 6.45) is -0.125. The van der Waals surface area contributed by atoms with Crippen LogP contribution in [0, 0.1) is 0 Å². The van der Waals surface area contributed by atoms with Crippen molar-refractivity contribution in [3.8, 4) is 5.75 Å². The van der Waals surface area contributed by atoms with Crippen LogP contribution in [0.1, 0.15) is 16.7 Å². The number of carboxylic acids is 1. The quantitative estimate of drug-likeness (QED) is 0.397. The molecule has 3 aromatic rings. The second-order valence-corrected chi connectivity index (χ2v) is 10.7. The molecule has 0 aliphatic heterocycles. The third-order valence-corrected chi connectivity index (χ3v) is 7.08. The van der Waals surface area contributed by atoms with E-state index in [4.69, 9.17) is 4.18 Å². The summed E-state index contributed by atoms with van der Waals surface area (Å²) in [4.78, 5) is 11.6. The van der Waals surface area contributed by atoms with E-state index in [9.17, 15) is 26.7 Å². The second-order valence-electron chi connectivity index (χ2n) is 7.37. The zero-order valence-corrected chi connectivity index (χ0v) is 19.1. The summed E-state index contributed by atoms with van der Waals surface area (Å²) in [6.45, 7) is 0. The molecule has 174 valence electrons. The predicted octanol–water partition coefficient (Wildman–Crippen LogP) is 2.71. The molecule has 0 aromatic heterocycles. The number of sulfonamides is 1. The average Bonchev–Trinajstić information content (AvgIpc) is 2.75. The largest absolute Gasteiger partial charge is 0.480 e. The lowest BCUT2D eigenvalue weighted by Crippen LogP contribution is -2.42. The van der Waals surface area contributed by atoms with Crippen molar-refractivity contribution in [3.63, 3.8) is 0 Å². The van der Waals surface area contributed by atoms with Crippen molar-refractivity contribution in [2.24, 2.45) is 0 Å². The molecule has 33 heavy (non-hydrogen) atoms. The SMILES string of the molecule is O=C(O)[C@H](Cc1ccc(OS(=O)(=O)Cc2ccccc2)cc1)NS(=O)(=O)Cc1ccccc1. The first-order chi connectivity index (χ1) is 15.6. The molecule has 0 aliphatic rings. The molecule has 0 fully saturated rings. The smallest absolute Gasteiger partial charge is 0.322 e. The van der Waals surface area contributed by atoms with E-state index in [1.165, 1.54) is 24.3 Å². The molecule has 1 atom stereocenters. The fraction of sp³-hybridized carbons (Fsp3) is 0.174. The fourth-order valence-corrected chi connectivity index (χ4v) is 5.50. The topological polar surface area (TPSA) is 127 Å². The van der Waals surface area contributed by atoms with E-state index in [0.717, 1.165) is 0 Å². The first-order valence-corrected chi connectivity index (χ1v) is 13.2. The number of nitrogens with one attached hydrogen (secondary N) is 1. The summed E-state index contributed by atoms with van der Waals surface area (Å²) in [7, 11) is -7.77. The van der Waals surface area contributed by atoms with Gasteiger partial charge in [-0.25, -0.2) is 13.1 Å². The minimum atomic E-state index is -3.90. The number of hydrogen-bond acceptors (Lipinski definition) is 6.